The van der Waals surface area contributed by atoms with E-state index in [1.165, 1.54) is 0 Å². The van der Waals surface area contributed by atoms with E-state index in [0.717, 1.165) is 32.2 Å². The molecule has 8 nitrogen and oxygen atoms in total. The number of ether oxygens (including phenoxy) is 1. The monoisotopic (exact) mass is 420 g/mol. The minimum Gasteiger partial charge on any atom is -0.479 e. The molecular formula is C16H12ClF3N2O6. The van der Waals surface area contributed by atoms with Crippen molar-refractivity contribution in [3.63, 3.8) is 0 Å². The number of hydrogen-bond acceptors (Lipinski definition) is 5. The summed E-state index contributed by atoms with van der Waals surface area (Å²) in [6, 6.07) is 3.42. The maximum atomic E-state index is 12.9. The molecule has 0 aliphatic rings. The average molecular weight is 421 g/mol. The number of esters is 1. The van der Waals surface area contributed by atoms with Crippen molar-refractivity contribution in [2.24, 2.45) is 7.05 Å². The van der Waals surface area contributed by atoms with E-state index in [0.29, 0.717) is 4.57 Å². The Morgan fingerprint density at radius 3 is 2.36 bits per heavy atom. The number of aromatic nitrogens is 2. The molecule has 1 aromatic heterocycles. The van der Waals surface area contributed by atoms with Crippen molar-refractivity contribution < 1.29 is 32.6 Å². The molecule has 1 atom stereocenters. The second-order valence-corrected chi connectivity index (χ2v) is 6.00. The predicted molar refractivity (Wildman–Crippen MR) is 89.8 cm³/mol. The van der Waals surface area contributed by atoms with Gasteiger partial charge in [0.25, 0.3) is 5.56 Å². The third kappa shape index (κ3) is 4.09. The largest absolute Gasteiger partial charge is 0.479 e. The first kappa shape index (κ1) is 21.2. The highest BCUT2D eigenvalue weighted by Gasteiger charge is 2.35. The first-order valence-electron chi connectivity index (χ1n) is 7.48. The fourth-order valence-corrected chi connectivity index (χ4v) is 2.41. The zero-order valence-corrected chi connectivity index (χ0v) is 15.0. The van der Waals surface area contributed by atoms with Gasteiger partial charge in [0, 0.05) is 13.1 Å². The fourth-order valence-electron chi connectivity index (χ4n) is 2.22. The van der Waals surface area contributed by atoms with Crippen LogP contribution in [-0.4, -0.2) is 32.3 Å². The molecule has 150 valence electrons. The van der Waals surface area contributed by atoms with Gasteiger partial charge in [0.1, 0.15) is 5.69 Å². The molecule has 2 rings (SSSR count). The number of carboxylic acids is 1. The molecular weight excluding hydrogens is 409 g/mol. The maximum Gasteiger partial charge on any atom is 0.431 e. The van der Waals surface area contributed by atoms with Gasteiger partial charge < -0.3 is 9.84 Å². The number of carbonyl (C=O) groups excluding carboxylic acids is 1. The van der Waals surface area contributed by atoms with Crippen molar-refractivity contribution in [3.8, 4) is 5.69 Å². The van der Waals surface area contributed by atoms with Crippen LogP contribution in [0.25, 0.3) is 5.69 Å². The van der Waals surface area contributed by atoms with Gasteiger partial charge in [-0.1, -0.05) is 11.6 Å². The second kappa shape index (κ2) is 7.50. The Kier molecular flexibility index (Phi) is 5.69. The van der Waals surface area contributed by atoms with Crippen LogP contribution in [-0.2, 0) is 22.8 Å². The SMILES string of the molecule is CC(OC(=O)c1cc(-n2c(=O)cc(C(F)(F)F)n(C)c2=O)ccc1Cl)C(=O)O. The topological polar surface area (TPSA) is 108 Å². The third-order valence-electron chi connectivity index (χ3n) is 3.67. The second-order valence-electron chi connectivity index (χ2n) is 5.59. The third-order valence-corrected chi connectivity index (χ3v) is 4.00. The van der Waals surface area contributed by atoms with Crippen molar-refractivity contribution in [2.75, 3.05) is 0 Å². The molecule has 12 heteroatoms. The Balaban J connectivity index is 2.61. The number of alkyl halides is 3. The van der Waals surface area contributed by atoms with Crippen LogP contribution in [0, 0.1) is 0 Å². The number of rotatable bonds is 4. The summed E-state index contributed by atoms with van der Waals surface area (Å²) >= 11 is 5.87. The lowest BCUT2D eigenvalue weighted by Gasteiger charge is -2.15. The Hall–Kier alpha value is -3.08. The van der Waals surface area contributed by atoms with Crippen molar-refractivity contribution in [1.29, 1.82) is 0 Å². The molecule has 1 N–H and O–H groups in total. The molecule has 0 aliphatic heterocycles. The van der Waals surface area contributed by atoms with Crippen LogP contribution in [0.15, 0.2) is 33.9 Å². The summed E-state index contributed by atoms with van der Waals surface area (Å²) in [5.41, 5.74) is -4.65. The van der Waals surface area contributed by atoms with Crippen LogP contribution >= 0.6 is 11.6 Å². The van der Waals surface area contributed by atoms with Crippen LogP contribution in [0.3, 0.4) is 0 Å². The smallest absolute Gasteiger partial charge is 0.431 e. The highest BCUT2D eigenvalue weighted by atomic mass is 35.5. The van der Waals surface area contributed by atoms with E-state index in [9.17, 15) is 32.3 Å². The van der Waals surface area contributed by atoms with Gasteiger partial charge in [-0.25, -0.2) is 19.0 Å². The summed E-state index contributed by atoms with van der Waals surface area (Å²) < 4.78 is 44.1. The van der Waals surface area contributed by atoms with Gasteiger partial charge in [0.05, 0.1) is 16.3 Å². The van der Waals surface area contributed by atoms with Crippen molar-refractivity contribution in [1.82, 2.24) is 9.13 Å². The van der Waals surface area contributed by atoms with Crippen LogP contribution in [0.4, 0.5) is 13.2 Å². The minimum absolute atomic E-state index is 0.178. The quantitative estimate of drug-likeness (QED) is 0.756. The zero-order chi connectivity index (χ0) is 21.4. The summed E-state index contributed by atoms with van der Waals surface area (Å²) in [5.74, 6) is -2.58. The maximum absolute atomic E-state index is 12.9. The van der Waals surface area contributed by atoms with Crippen LogP contribution in [0.5, 0.6) is 0 Å². The van der Waals surface area contributed by atoms with Gasteiger partial charge in [-0.2, -0.15) is 13.2 Å². The van der Waals surface area contributed by atoms with E-state index in [4.69, 9.17) is 16.7 Å². The Labute approximate surface area is 159 Å². The molecule has 0 bridgehead atoms. The van der Waals surface area contributed by atoms with Gasteiger partial charge in [-0.3, -0.25) is 9.36 Å². The molecule has 0 amide bonds. The molecule has 0 aliphatic carbocycles. The number of carbonyl (C=O) groups is 2. The van der Waals surface area contributed by atoms with E-state index >= 15 is 0 Å². The molecule has 28 heavy (non-hydrogen) atoms. The molecule has 0 saturated carbocycles. The number of benzene rings is 1. The Morgan fingerprint density at radius 2 is 1.82 bits per heavy atom. The van der Waals surface area contributed by atoms with Gasteiger partial charge in [0.2, 0.25) is 0 Å². The van der Waals surface area contributed by atoms with Crippen LogP contribution < -0.4 is 11.2 Å². The molecule has 1 aromatic carbocycles. The highest BCUT2D eigenvalue weighted by molar-refractivity contribution is 6.33. The van der Waals surface area contributed by atoms with Crippen molar-refractivity contribution >= 4 is 23.5 Å². The lowest BCUT2D eigenvalue weighted by Crippen LogP contribution is -2.40. The molecule has 1 heterocycles. The van der Waals surface area contributed by atoms with Gasteiger partial charge in [-0.05, 0) is 25.1 Å². The minimum atomic E-state index is -4.92. The molecule has 0 radical (unpaired) electrons. The van der Waals surface area contributed by atoms with Crippen molar-refractivity contribution in [3.05, 3.63) is 61.4 Å². The van der Waals surface area contributed by atoms with E-state index < -0.39 is 41.2 Å². The molecule has 0 fully saturated rings. The first-order chi connectivity index (χ1) is 12.8. The fraction of sp³-hybridized carbons (Fsp3) is 0.250. The summed E-state index contributed by atoms with van der Waals surface area (Å²) in [6.45, 7) is 1.09. The van der Waals surface area contributed by atoms with Gasteiger partial charge in [-0.15, -0.1) is 0 Å². The molecule has 0 saturated heterocycles. The highest BCUT2D eigenvalue weighted by Crippen LogP contribution is 2.27. The predicted octanol–water partition coefficient (Wildman–Crippen LogP) is 1.84. The lowest BCUT2D eigenvalue weighted by molar-refractivity contribution is -0.146. The summed E-state index contributed by atoms with van der Waals surface area (Å²) in [7, 11) is 0.834. The van der Waals surface area contributed by atoms with Crippen LogP contribution in [0.2, 0.25) is 5.02 Å². The summed E-state index contributed by atoms with van der Waals surface area (Å²) in [4.78, 5) is 47.3. The van der Waals surface area contributed by atoms with Gasteiger partial charge in [0.15, 0.2) is 6.10 Å². The number of nitrogens with zero attached hydrogens (tertiary/aromatic N) is 2. The van der Waals surface area contributed by atoms with Crippen LogP contribution in [0.1, 0.15) is 23.0 Å². The van der Waals surface area contributed by atoms with Gasteiger partial charge >= 0.3 is 23.8 Å². The van der Waals surface area contributed by atoms with E-state index in [1.54, 1.807) is 0 Å². The Bertz CT molecular complexity index is 1070. The number of aliphatic carboxylic acids is 1. The average Bonchev–Trinajstić information content (AvgIpc) is 2.58. The molecule has 1 unspecified atom stereocenters. The standard InChI is InChI=1S/C16H12ClF3N2O6/c1-7(13(24)25)28-14(26)9-5-8(3-4-10(9)17)22-12(23)6-11(16(18,19)20)21(2)15(22)27/h3-7H,1-2H3,(H,24,25). The summed E-state index contributed by atoms with van der Waals surface area (Å²) in [5, 5.41) is 8.61. The van der Waals surface area contributed by atoms with E-state index in [-0.39, 0.29) is 26.9 Å². The number of hydrogen-bond donors (Lipinski definition) is 1. The summed E-state index contributed by atoms with van der Waals surface area (Å²) in [6.07, 6.45) is -6.43. The zero-order valence-electron chi connectivity index (χ0n) is 14.3. The Morgan fingerprint density at radius 1 is 1.21 bits per heavy atom. The molecule has 0 spiro atoms. The number of halogens is 4. The molecule has 2 aromatic rings. The van der Waals surface area contributed by atoms with E-state index in [2.05, 4.69) is 4.74 Å². The number of carboxylic acid groups (broad SMARTS) is 1. The normalized spacial score (nSPS) is 12.5. The first-order valence-corrected chi connectivity index (χ1v) is 7.86. The lowest BCUT2D eigenvalue weighted by atomic mass is 10.2. The van der Waals surface area contributed by atoms with E-state index in [1.807, 2.05) is 0 Å². The van der Waals surface area contributed by atoms with Crippen molar-refractivity contribution in [2.45, 2.75) is 19.2 Å².